The summed E-state index contributed by atoms with van der Waals surface area (Å²) >= 11 is 0. The van der Waals surface area contributed by atoms with Crippen molar-refractivity contribution in [2.45, 2.75) is 46.1 Å². The van der Waals surface area contributed by atoms with E-state index in [1.807, 2.05) is 30.7 Å². The zero-order valence-electron chi connectivity index (χ0n) is 19.7. The first-order chi connectivity index (χ1) is 16.3. The molecule has 7 nitrogen and oxygen atoms in total. The molecular weight excluding hydrogens is 431 g/mol. The molecule has 3 heterocycles. The molecule has 0 saturated heterocycles. The molecule has 1 aliphatic carbocycles. The lowest BCUT2D eigenvalue weighted by Crippen LogP contribution is -2.22. The normalized spacial score (nSPS) is 19.8. The highest BCUT2D eigenvalue weighted by Gasteiger charge is 2.25. The van der Waals surface area contributed by atoms with E-state index >= 15 is 0 Å². The highest BCUT2D eigenvalue weighted by molar-refractivity contribution is 6.03. The molecule has 1 aromatic carbocycles. The summed E-state index contributed by atoms with van der Waals surface area (Å²) in [5.41, 5.74) is 12.3. The summed E-state index contributed by atoms with van der Waals surface area (Å²) in [6.07, 6.45) is 4.12. The first-order valence-corrected chi connectivity index (χ1v) is 11.6. The summed E-state index contributed by atoms with van der Waals surface area (Å²) < 4.78 is 22.4. The number of anilines is 1. The van der Waals surface area contributed by atoms with E-state index in [0.717, 1.165) is 40.5 Å². The van der Waals surface area contributed by atoms with Gasteiger partial charge >= 0.3 is 0 Å². The van der Waals surface area contributed by atoms with Crippen molar-refractivity contribution in [2.24, 2.45) is 5.92 Å². The van der Waals surface area contributed by atoms with Gasteiger partial charge in [0.15, 0.2) is 11.6 Å². The monoisotopic (exact) mass is 460 g/mol. The third-order valence-electron chi connectivity index (χ3n) is 6.41. The number of halogens is 1. The lowest BCUT2D eigenvalue weighted by Gasteiger charge is -2.23. The molecule has 0 spiro atoms. The maximum atomic E-state index is 14.3. The lowest BCUT2D eigenvalue weighted by molar-refractivity contribution is 0.226. The number of hydrogen-bond acceptors (Lipinski definition) is 6. The Balaban J connectivity index is 1.76. The maximum Gasteiger partial charge on any atom is 0.166 e. The minimum atomic E-state index is -0.502. The number of nitrogen functional groups attached to an aromatic ring is 1. The van der Waals surface area contributed by atoms with Crippen molar-refractivity contribution in [1.29, 1.82) is 5.41 Å². The van der Waals surface area contributed by atoms with Crippen molar-refractivity contribution >= 4 is 17.2 Å². The lowest BCUT2D eigenvalue weighted by atomic mass is 9.98. The van der Waals surface area contributed by atoms with E-state index in [9.17, 15) is 4.39 Å². The predicted octanol–water partition coefficient (Wildman–Crippen LogP) is 4.74. The number of rotatable bonds is 4. The van der Waals surface area contributed by atoms with Crippen molar-refractivity contribution in [3.8, 4) is 11.4 Å². The van der Waals surface area contributed by atoms with Gasteiger partial charge in [0.05, 0.1) is 11.4 Å². The largest absolute Gasteiger partial charge is 0.482 e. The smallest absolute Gasteiger partial charge is 0.166 e. The Kier molecular flexibility index (Phi) is 5.59. The van der Waals surface area contributed by atoms with Crippen LogP contribution in [0.1, 0.15) is 55.3 Å². The van der Waals surface area contributed by atoms with Gasteiger partial charge in [-0.25, -0.2) is 14.1 Å². The average molecular weight is 461 g/mol. The molecule has 1 fully saturated rings. The van der Waals surface area contributed by atoms with Gasteiger partial charge in [0.25, 0.3) is 0 Å². The molecule has 2 aromatic heterocycles. The molecule has 0 radical (unpaired) electrons. The first-order valence-electron chi connectivity index (χ1n) is 11.6. The van der Waals surface area contributed by atoms with E-state index < -0.39 is 6.10 Å². The summed E-state index contributed by atoms with van der Waals surface area (Å²) in [6.45, 7) is 6.42. The van der Waals surface area contributed by atoms with Gasteiger partial charge in [0, 0.05) is 53.0 Å². The van der Waals surface area contributed by atoms with E-state index in [1.165, 1.54) is 25.0 Å². The van der Waals surface area contributed by atoms with Crippen LogP contribution in [0.3, 0.4) is 0 Å². The quantitative estimate of drug-likeness (QED) is 0.488. The van der Waals surface area contributed by atoms with Crippen LogP contribution in [0.5, 0.6) is 5.75 Å². The fraction of sp³-hybridized carbons (Fsp3) is 0.346. The Bertz CT molecular complexity index is 1310. The van der Waals surface area contributed by atoms with Crippen molar-refractivity contribution in [1.82, 2.24) is 20.1 Å². The first kappa shape index (κ1) is 22.1. The number of nitrogens with two attached hydrogens (primary N) is 1. The Morgan fingerprint density at radius 2 is 2.09 bits per heavy atom. The zero-order valence-corrected chi connectivity index (χ0v) is 19.7. The van der Waals surface area contributed by atoms with Crippen LogP contribution in [0, 0.1) is 24.1 Å². The summed E-state index contributed by atoms with van der Waals surface area (Å²) in [7, 11) is 0. The number of ether oxygens (including phenoxy) is 1. The van der Waals surface area contributed by atoms with Gasteiger partial charge < -0.3 is 21.2 Å². The van der Waals surface area contributed by atoms with Gasteiger partial charge in [0.1, 0.15) is 11.9 Å². The topological polar surface area (TPSA) is 102 Å². The number of allylic oxidation sites excluding steroid dienone is 1. The highest BCUT2D eigenvalue weighted by atomic mass is 19.1. The van der Waals surface area contributed by atoms with E-state index in [4.69, 9.17) is 21.0 Å². The van der Waals surface area contributed by atoms with Crippen LogP contribution in [0.25, 0.3) is 11.4 Å². The second kappa shape index (κ2) is 8.59. The summed E-state index contributed by atoms with van der Waals surface area (Å²) in [5.74, 6) is 0.975. The number of aromatic nitrogens is 3. The van der Waals surface area contributed by atoms with Gasteiger partial charge in [-0.1, -0.05) is 0 Å². The number of nitrogens with one attached hydrogen (secondary N) is 2. The molecule has 0 amide bonds. The average Bonchev–Trinajstić information content (AvgIpc) is 3.55. The molecule has 1 saturated carbocycles. The Hall–Kier alpha value is -3.68. The van der Waals surface area contributed by atoms with Crippen molar-refractivity contribution in [2.75, 3.05) is 12.3 Å². The fourth-order valence-corrected chi connectivity index (χ4v) is 4.41. The van der Waals surface area contributed by atoms with E-state index in [2.05, 4.69) is 10.3 Å². The van der Waals surface area contributed by atoms with Gasteiger partial charge in [-0.2, -0.15) is 5.10 Å². The van der Waals surface area contributed by atoms with Crippen LogP contribution in [-0.2, 0) is 6.42 Å². The number of aryl methyl sites for hydroxylation is 1. The third kappa shape index (κ3) is 4.27. The summed E-state index contributed by atoms with van der Waals surface area (Å²) in [6, 6.07) is 8.49. The second-order valence-electron chi connectivity index (χ2n) is 9.24. The van der Waals surface area contributed by atoms with Crippen LogP contribution in [0.15, 0.2) is 42.1 Å². The Morgan fingerprint density at radius 1 is 1.29 bits per heavy atom. The number of benzene rings is 1. The van der Waals surface area contributed by atoms with E-state index in [-0.39, 0.29) is 11.6 Å². The fourth-order valence-electron chi connectivity index (χ4n) is 4.41. The molecule has 1 aliphatic heterocycles. The summed E-state index contributed by atoms with van der Waals surface area (Å²) in [4.78, 5) is 4.39. The van der Waals surface area contributed by atoms with Crippen LogP contribution >= 0.6 is 0 Å². The van der Waals surface area contributed by atoms with Crippen molar-refractivity contribution in [3.63, 3.8) is 0 Å². The molecule has 5 rings (SSSR count). The minimum absolute atomic E-state index is 0.260. The minimum Gasteiger partial charge on any atom is -0.482 e. The molecule has 0 unspecified atom stereocenters. The third-order valence-corrected chi connectivity index (χ3v) is 6.41. The number of nitrogens with zero attached hydrogens (tertiary/aromatic N) is 3. The zero-order chi connectivity index (χ0) is 24.0. The molecule has 1 atom stereocenters. The summed E-state index contributed by atoms with van der Waals surface area (Å²) in [5, 5.41) is 16.9. The number of fused-ring (bicyclic) bond motifs is 5. The van der Waals surface area contributed by atoms with Crippen molar-refractivity contribution in [3.05, 3.63) is 70.4 Å². The van der Waals surface area contributed by atoms with Crippen LogP contribution in [-0.4, -0.2) is 27.0 Å². The Labute approximate surface area is 198 Å². The van der Waals surface area contributed by atoms with E-state index in [0.29, 0.717) is 29.4 Å². The number of pyridine rings is 1. The SMILES string of the molecule is CC(=N)/C1=C(\NCC2CC2)c2cnc(N)c(c2)O[C@H](C)c2cc(F)ccc2-n2nc(C)cc2C1. The van der Waals surface area contributed by atoms with Crippen LogP contribution < -0.4 is 15.8 Å². The number of hydrogen-bond donors (Lipinski definition) is 3. The molecule has 176 valence electrons. The van der Waals surface area contributed by atoms with E-state index in [1.54, 1.807) is 19.2 Å². The van der Waals surface area contributed by atoms with Crippen LogP contribution in [0.4, 0.5) is 10.2 Å². The highest BCUT2D eigenvalue weighted by Crippen LogP contribution is 2.35. The standard InChI is InChI=1S/C26H29FN6O/c1-14-8-20-11-21(15(2)28)25(30-12-17-4-5-17)18-9-24(26(29)31-13-18)34-16(3)22-10-19(27)6-7-23(22)33(20)32-14/h6-10,13,16-17,28,30H,4-5,11-12H2,1-3H3,(H2,29,31)/b25-21-,28-15?/t16-/m1/s1. The molecular formula is C26H29FN6O. The Morgan fingerprint density at radius 3 is 2.82 bits per heavy atom. The van der Waals surface area contributed by atoms with Gasteiger partial charge in [-0.15, -0.1) is 0 Å². The second-order valence-corrected chi connectivity index (χ2v) is 9.24. The molecule has 2 bridgehead atoms. The van der Waals surface area contributed by atoms with Crippen molar-refractivity contribution < 1.29 is 9.13 Å². The molecule has 3 aromatic rings. The molecule has 2 aliphatic rings. The molecule has 4 N–H and O–H groups in total. The maximum absolute atomic E-state index is 14.3. The molecule has 8 heteroatoms. The van der Waals surface area contributed by atoms with Gasteiger partial charge in [0.2, 0.25) is 0 Å². The van der Waals surface area contributed by atoms with Crippen LogP contribution in [0.2, 0.25) is 0 Å². The predicted molar refractivity (Wildman–Crippen MR) is 131 cm³/mol. The van der Waals surface area contributed by atoms with Gasteiger partial charge in [-0.3, -0.25) is 0 Å². The molecule has 34 heavy (non-hydrogen) atoms. The van der Waals surface area contributed by atoms with Gasteiger partial charge in [-0.05, 0) is 69.9 Å².